The number of benzene rings is 2. The third-order valence-corrected chi connectivity index (χ3v) is 4.79. The van der Waals surface area contributed by atoms with Crippen molar-refractivity contribution in [3.63, 3.8) is 0 Å². The fraction of sp³-hybridized carbons (Fsp3) is 0.421. The topological polar surface area (TPSA) is 66.6 Å². The summed E-state index contributed by atoms with van der Waals surface area (Å²) in [7, 11) is 0. The first-order valence-corrected chi connectivity index (χ1v) is 8.17. The van der Waals surface area contributed by atoms with Crippen molar-refractivity contribution < 1.29 is 9.90 Å². The predicted octanol–water partition coefficient (Wildman–Crippen LogP) is 2.35. The summed E-state index contributed by atoms with van der Waals surface area (Å²) in [6, 6.07) is 12.7. The molecule has 4 heteroatoms. The second-order valence-corrected chi connectivity index (χ2v) is 6.76. The van der Waals surface area contributed by atoms with Crippen LogP contribution in [0.2, 0.25) is 0 Å². The molecule has 0 bridgehead atoms. The van der Waals surface area contributed by atoms with Gasteiger partial charge in [0.1, 0.15) is 0 Å². The van der Waals surface area contributed by atoms with Gasteiger partial charge in [-0.2, -0.15) is 0 Å². The monoisotopic (exact) mass is 312 g/mol. The standard InChI is InChI=1S/C19H24N2O2/c1-14-7-8-15-5-2-3-6-16(15)17(14)12-21-10-4-9-19(23,13-21)11-18(20)22/h2-3,5-8,23H,4,9-13H2,1H3,(H2,20,22). The number of likely N-dealkylation sites (tertiary alicyclic amines) is 1. The van der Waals surface area contributed by atoms with Crippen LogP contribution < -0.4 is 5.73 Å². The molecule has 1 unspecified atom stereocenters. The van der Waals surface area contributed by atoms with Gasteiger partial charge in [0.15, 0.2) is 0 Å². The second kappa shape index (κ2) is 6.30. The largest absolute Gasteiger partial charge is 0.388 e. The zero-order valence-corrected chi connectivity index (χ0v) is 13.6. The summed E-state index contributed by atoms with van der Waals surface area (Å²) in [4.78, 5) is 13.4. The third kappa shape index (κ3) is 3.54. The Morgan fingerprint density at radius 1 is 1.30 bits per heavy atom. The molecule has 122 valence electrons. The van der Waals surface area contributed by atoms with E-state index in [9.17, 15) is 9.90 Å². The molecule has 1 fully saturated rings. The smallest absolute Gasteiger partial charge is 0.220 e. The van der Waals surface area contributed by atoms with Gasteiger partial charge in [0.05, 0.1) is 12.0 Å². The van der Waals surface area contributed by atoms with Crippen molar-refractivity contribution in [2.75, 3.05) is 13.1 Å². The van der Waals surface area contributed by atoms with Gasteiger partial charge >= 0.3 is 0 Å². The minimum absolute atomic E-state index is 0.0397. The minimum Gasteiger partial charge on any atom is -0.388 e. The molecule has 1 amide bonds. The Morgan fingerprint density at radius 3 is 2.87 bits per heavy atom. The molecule has 0 aromatic heterocycles. The lowest BCUT2D eigenvalue weighted by molar-refractivity contribution is -0.125. The van der Waals surface area contributed by atoms with E-state index in [1.807, 2.05) is 6.07 Å². The average Bonchev–Trinajstić information content (AvgIpc) is 2.49. The number of primary amides is 1. The molecule has 0 radical (unpaired) electrons. The van der Waals surface area contributed by atoms with E-state index in [1.165, 1.54) is 21.9 Å². The van der Waals surface area contributed by atoms with Crippen LogP contribution in [-0.2, 0) is 11.3 Å². The number of nitrogens with two attached hydrogens (primary N) is 1. The number of rotatable bonds is 4. The molecule has 1 atom stereocenters. The molecule has 4 nitrogen and oxygen atoms in total. The molecule has 2 aromatic carbocycles. The molecular formula is C19H24N2O2. The number of amides is 1. The number of aryl methyl sites for hydroxylation is 1. The highest BCUT2D eigenvalue weighted by atomic mass is 16.3. The van der Waals surface area contributed by atoms with E-state index in [1.54, 1.807) is 0 Å². The quantitative estimate of drug-likeness (QED) is 0.910. The van der Waals surface area contributed by atoms with Gasteiger partial charge in [-0.15, -0.1) is 0 Å². The number of piperidine rings is 1. The number of nitrogens with zero attached hydrogens (tertiary/aromatic N) is 1. The van der Waals surface area contributed by atoms with Crippen LogP contribution in [0.3, 0.4) is 0 Å². The number of carbonyl (C=O) groups excluding carboxylic acids is 1. The third-order valence-electron chi connectivity index (χ3n) is 4.79. The van der Waals surface area contributed by atoms with E-state index in [-0.39, 0.29) is 6.42 Å². The molecule has 23 heavy (non-hydrogen) atoms. The predicted molar refractivity (Wildman–Crippen MR) is 92.0 cm³/mol. The summed E-state index contributed by atoms with van der Waals surface area (Å²) in [5.41, 5.74) is 6.86. The van der Waals surface area contributed by atoms with Crippen molar-refractivity contribution in [2.45, 2.75) is 38.3 Å². The Labute approximate surface area is 136 Å². The lowest BCUT2D eigenvalue weighted by Crippen LogP contribution is -2.49. The first kappa shape index (κ1) is 16.0. The summed E-state index contributed by atoms with van der Waals surface area (Å²) in [6.45, 7) is 4.35. The van der Waals surface area contributed by atoms with E-state index in [0.717, 1.165) is 19.5 Å². The zero-order chi connectivity index (χ0) is 16.4. The maximum Gasteiger partial charge on any atom is 0.220 e. The van der Waals surface area contributed by atoms with Gasteiger partial charge in [0, 0.05) is 13.1 Å². The summed E-state index contributed by atoms with van der Waals surface area (Å²) in [5.74, 6) is -0.435. The highest BCUT2D eigenvalue weighted by Gasteiger charge is 2.34. The molecular weight excluding hydrogens is 288 g/mol. The number of hydrogen-bond donors (Lipinski definition) is 2. The van der Waals surface area contributed by atoms with Crippen LogP contribution in [0, 0.1) is 6.92 Å². The molecule has 1 aliphatic rings. The Kier molecular flexibility index (Phi) is 4.37. The average molecular weight is 312 g/mol. The Morgan fingerprint density at radius 2 is 2.09 bits per heavy atom. The SMILES string of the molecule is Cc1ccc2ccccc2c1CN1CCCC(O)(CC(N)=O)C1. The summed E-state index contributed by atoms with van der Waals surface area (Å²) >= 11 is 0. The second-order valence-electron chi connectivity index (χ2n) is 6.76. The van der Waals surface area contributed by atoms with E-state index in [0.29, 0.717) is 13.0 Å². The van der Waals surface area contributed by atoms with Gasteiger partial charge in [-0.25, -0.2) is 0 Å². The van der Waals surface area contributed by atoms with Gasteiger partial charge in [-0.05, 0) is 48.2 Å². The zero-order valence-electron chi connectivity index (χ0n) is 13.6. The van der Waals surface area contributed by atoms with Gasteiger partial charge in [-0.3, -0.25) is 9.69 Å². The summed E-state index contributed by atoms with van der Waals surface area (Å²) in [5, 5.41) is 13.1. The summed E-state index contributed by atoms with van der Waals surface area (Å²) in [6.07, 6.45) is 1.56. The lowest BCUT2D eigenvalue weighted by Gasteiger charge is -2.39. The highest BCUT2D eigenvalue weighted by molar-refractivity contribution is 5.86. The number of carbonyl (C=O) groups is 1. The summed E-state index contributed by atoms with van der Waals surface area (Å²) < 4.78 is 0. The van der Waals surface area contributed by atoms with Crippen LogP contribution in [0.4, 0.5) is 0 Å². The van der Waals surface area contributed by atoms with E-state index in [2.05, 4.69) is 42.2 Å². The first-order chi connectivity index (χ1) is 11.0. The van der Waals surface area contributed by atoms with Crippen molar-refractivity contribution in [3.05, 3.63) is 47.5 Å². The first-order valence-electron chi connectivity index (χ1n) is 8.17. The van der Waals surface area contributed by atoms with Crippen molar-refractivity contribution in [1.82, 2.24) is 4.90 Å². The fourth-order valence-electron chi connectivity index (χ4n) is 3.69. The van der Waals surface area contributed by atoms with E-state index in [4.69, 9.17) is 5.73 Å². The number of fused-ring (bicyclic) bond motifs is 1. The molecule has 3 rings (SSSR count). The minimum atomic E-state index is -0.984. The molecule has 1 heterocycles. The highest BCUT2D eigenvalue weighted by Crippen LogP contribution is 2.28. The Bertz CT molecular complexity index is 728. The molecule has 2 aromatic rings. The molecule has 1 saturated heterocycles. The normalized spacial score (nSPS) is 22.3. The van der Waals surface area contributed by atoms with Crippen LogP contribution >= 0.6 is 0 Å². The van der Waals surface area contributed by atoms with Crippen molar-refractivity contribution in [2.24, 2.45) is 5.73 Å². The molecule has 1 aliphatic heterocycles. The van der Waals surface area contributed by atoms with Gasteiger partial charge in [0.25, 0.3) is 0 Å². The van der Waals surface area contributed by atoms with Crippen molar-refractivity contribution >= 4 is 16.7 Å². The Hall–Kier alpha value is -1.91. The number of β-amino-alcohol motifs (C(OH)–C–C–N with tert-alkyl or cyclic N) is 1. The number of aliphatic hydroxyl groups is 1. The molecule has 0 saturated carbocycles. The van der Waals surface area contributed by atoms with Gasteiger partial charge < -0.3 is 10.8 Å². The molecule has 3 N–H and O–H groups in total. The van der Waals surface area contributed by atoms with Crippen molar-refractivity contribution in [3.8, 4) is 0 Å². The lowest BCUT2D eigenvalue weighted by atomic mass is 9.88. The van der Waals surface area contributed by atoms with Gasteiger partial charge in [-0.1, -0.05) is 36.4 Å². The van der Waals surface area contributed by atoms with Crippen LogP contribution in [0.25, 0.3) is 10.8 Å². The fourth-order valence-corrected chi connectivity index (χ4v) is 3.69. The number of hydrogen-bond acceptors (Lipinski definition) is 3. The maximum atomic E-state index is 11.2. The van der Waals surface area contributed by atoms with Crippen LogP contribution in [0.1, 0.15) is 30.4 Å². The maximum absolute atomic E-state index is 11.2. The van der Waals surface area contributed by atoms with E-state index < -0.39 is 11.5 Å². The van der Waals surface area contributed by atoms with Gasteiger partial charge in [0.2, 0.25) is 5.91 Å². The Balaban J connectivity index is 1.84. The van der Waals surface area contributed by atoms with Crippen LogP contribution in [-0.4, -0.2) is 34.6 Å². The van der Waals surface area contributed by atoms with Crippen molar-refractivity contribution in [1.29, 1.82) is 0 Å². The molecule has 0 spiro atoms. The van der Waals surface area contributed by atoms with E-state index >= 15 is 0 Å². The van der Waals surface area contributed by atoms with Crippen LogP contribution in [0.15, 0.2) is 36.4 Å². The molecule has 0 aliphatic carbocycles. The van der Waals surface area contributed by atoms with Crippen LogP contribution in [0.5, 0.6) is 0 Å².